The summed E-state index contributed by atoms with van der Waals surface area (Å²) in [5.41, 5.74) is 5.88. The van der Waals surface area contributed by atoms with Gasteiger partial charge in [0.1, 0.15) is 6.17 Å². The van der Waals surface area contributed by atoms with Crippen molar-refractivity contribution in [3.63, 3.8) is 0 Å². The summed E-state index contributed by atoms with van der Waals surface area (Å²) in [5, 5.41) is 0. The van der Waals surface area contributed by atoms with E-state index in [0.29, 0.717) is 19.4 Å². The molecule has 1 nitrogen and oxygen atoms in total. The van der Waals surface area contributed by atoms with Gasteiger partial charge in [-0.2, -0.15) is 0 Å². The first kappa shape index (κ1) is 13.9. The standard InChI is InChI=1S/C12H26FN/c1-4-7-12(10-14,8-5-2)9-11(13)6-3/h11H,4-10,14H2,1-3H3. The molecule has 2 heteroatoms. The molecule has 0 aromatic carbocycles. The van der Waals surface area contributed by atoms with E-state index in [0.717, 1.165) is 25.7 Å². The number of rotatable bonds is 8. The number of hydrogen-bond acceptors (Lipinski definition) is 1. The topological polar surface area (TPSA) is 26.0 Å². The molecular weight excluding hydrogens is 177 g/mol. The molecule has 0 aromatic heterocycles. The fourth-order valence-corrected chi connectivity index (χ4v) is 2.29. The SMILES string of the molecule is CCCC(CN)(CCC)CC(F)CC. The zero-order valence-electron chi connectivity index (χ0n) is 9.98. The van der Waals surface area contributed by atoms with Crippen LogP contribution in [0.2, 0.25) is 0 Å². The molecule has 86 valence electrons. The summed E-state index contributed by atoms with van der Waals surface area (Å²) in [6, 6.07) is 0. The molecule has 0 saturated heterocycles. The van der Waals surface area contributed by atoms with Gasteiger partial charge in [0.2, 0.25) is 0 Å². The first-order valence-corrected chi connectivity index (χ1v) is 5.98. The van der Waals surface area contributed by atoms with Crippen LogP contribution in [0.25, 0.3) is 0 Å². The van der Waals surface area contributed by atoms with E-state index in [1.807, 2.05) is 6.92 Å². The Morgan fingerprint density at radius 2 is 1.64 bits per heavy atom. The highest BCUT2D eigenvalue weighted by molar-refractivity contribution is 4.82. The number of alkyl halides is 1. The minimum Gasteiger partial charge on any atom is -0.330 e. The second-order valence-corrected chi connectivity index (χ2v) is 4.41. The van der Waals surface area contributed by atoms with Crippen molar-refractivity contribution >= 4 is 0 Å². The smallest absolute Gasteiger partial charge is 0.100 e. The van der Waals surface area contributed by atoms with E-state index in [1.165, 1.54) is 0 Å². The van der Waals surface area contributed by atoms with E-state index in [2.05, 4.69) is 13.8 Å². The van der Waals surface area contributed by atoms with Gasteiger partial charge in [0.05, 0.1) is 0 Å². The highest BCUT2D eigenvalue weighted by Gasteiger charge is 2.29. The predicted octanol–water partition coefficient (Wildman–Crippen LogP) is 3.67. The molecule has 0 saturated carbocycles. The lowest BCUT2D eigenvalue weighted by Crippen LogP contribution is -2.33. The maximum absolute atomic E-state index is 13.4. The van der Waals surface area contributed by atoms with Crippen molar-refractivity contribution in [3.8, 4) is 0 Å². The lowest BCUT2D eigenvalue weighted by molar-refractivity contribution is 0.150. The van der Waals surface area contributed by atoms with Crippen molar-refractivity contribution in [3.05, 3.63) is 0 Å². The fourth-order valence-electron chi connectivity index (χ4n) is 2.29. The molecule has 0 amide bonds. The highest BCUT2D eigenvalue weighted by Crippen LogP contribution is 2.35. The Morgan fingerprint density at radius 1 is 1.14 bits per heavy atom. The van der Waals surface area contributed by atoms with Gasteiger partial charge in [0, 0.05) is 0 Å². The molecule has 1 unspecified atom stereocenters. The predicted molar refractivity (Wildman–Crippen MR) is 61.1 cm³/mol. The average Bonchev–Trinajstić information content (AvgIpc) is 2.18. The largest absolute Gasteiger partial charge is 0.330 e. The Morgan fingerprint density at radius 3 is 1.93 bits per heavy atom. The summed E-state index contributed by atoms with van der Waals surface area (Å²) >= 11 is 0. The Labute approximate surface area is 88.3 Å². The first-order chi connectivity index (χ1) is 6.64. The van der Waals surface area contributed by atoms with Gasteiger partial charge in [-0.1, -0.05) is 33.6 Å². The second kappa shape index (κ2) is 7.22. The summed E-state index contributed by atoms with van der Waals surface area (Å²) in [5.74, 6) is 0. The van der Waals surface area contributed by atoms with E-state index in [4.69, 9.17) is 5.73 Å². The van der Waals surface area contributed by atoms with Gasteiger partial charge in [-0.15, -0.1) is 0 Å². The van der Waals surface area contributed by atoms with Gasteiger partial charge in [0.15, 0.2) is 0 Å². The molecule has 2 N–H and O–H groups in total. The first-order valence-electron chi connectivity index (χ1n) is 5.98. The van der Waals surface area contributed by atoms with Crippen LogP contribution in [0.4, 0.5) is 4.39 Å². The second-order valence-electron chi connectivity index (χ2n) is 4.41. The van der Waals surface area contributed by atoms with E-state index in [1.54, 1.807) is 0 Å². The molecular formula is C12H26FN. The van der Waals surface area contributed by atoms with E-state index in [9.17, 15) is 4.39 Å². The lowest BCUT2D eigenvalue weighted by atomic mass is 9.75. The van der Waals surface area contributed by atoms with Crippen molar-refractivity contribution in [2.24, 2.45) is 11.1 Å². The quantitative estimate of drug-likeness (QED) is 0.640. The van der Waals surface area contributed by atoms with Crippen molar-refractivity contribution in [1.29, 1.82) is 0 Å². The highest BCUT2D eigenvalue weighted by atomic mass is 19.1. The van der Waals surface area contributed by atoms with E-state index in [-0.39, 0.29) is 5.41 Å². The molecule has 0 radical (unpaired) electrons. The van der Waals surface area contributed by atoms with Crippen LogP contribution >= 0.6 is 0 Å². The molecule has 0 heterocycles. The van der Waals surface area contributed by atoms with Gasteiger partial charge >= 0.3 is 0 Å². The zero-order chi connectivity index (χ0) is 11.0. The maximum Gasteiger partial charge on any atom is 0.100 e. The van der Waals surface area contributed by atoms with Crippen LogP contribution in [-0.4, -0.2) is 12.7 Å². The monoisotopic (exact) mass is 203 g/mol. The van der Waals surface area contributed by atoms with Gasteiger partial charge < -0.3 is 5.73 Å². The Hall–Kier alpha value is -0.110. The lowest BCUT2D eigenvalue weighted by Gasteiger charge is -2.33. The Balaban J connectivity index is 4.31. The molecule has 0 aliphatic rings. The molecule has 14 heavy (non-hydrogen) atoms. The molecule has 1 atom stereocenters. The van der Waals surface area contributed by atoms with Crippen LogP contribution in [0, 0.1) is 5.41 Å². The molecule has 0 bridgehead atoms. The number of halogens is 1. The summed E-state index contributed by atoms with van der Waals surface area (Å²) in [6.45, 7) is 6.84. The molecule has 0 rings (SSSR count). The molecule has 0 aromatic rings. The Bertz CT molecular complexity index is 130. The summed E-state index contributed by atoms with van der Waals surface area (Å²) < 4.78 is 13.4. The van der Waals surface area contributed by atoms with Crippen molar-refractivity contribution < 1.29 is 4.39 Å². The minimum atomic E-state index is -0.670. The molecule has 0 fully saturated rings. The summed E-state index contributed by atoms with van der Waals surface area (Å²) in [6.07, 6.45) is 4.95. The third-order valence-electron chi connectivity index (χ3n) is 3.09. The molecule has 0 spiro atoms. The van der Waals surface area contributed by atoms with Crippen LogP contribution in [0.15, 0.2) is 0 Å². The van der Waals surface area contributed by atoms with Crippen LogP contribution < -0.4 is 5.73 Å². The van der Waals surface area contributed by atoms with Crippen molar-refractivity contribution in [1.82, 2.24) is 0 Å². The summed E-state index contributed by atoms with van der Waals surface area (Å²) in [4.78, 5) is 0. The van der Waals surface area contributed by atoms with Gasteiger partial charge in [0.25, 0.3) is 0 Å². The van der Waals surface area contributed by atoms with E-state index < -0.39 is 6.17 Å². The third-order valence-corrected chi connectivity index (χ3v) is 3.09. The van der Waals surface area contributed by atoms with Crippen molar-refractivity contribution in [2.45, 2.75) is 65.5 Å². The van der Waals surface area contributed by atoms with E-state index >= 15 is 0 Å². The van der Waals surface area contributed by atoms with Crippen LogP contribution in [0.3, 0.4) is 0 Å². The van der Waals surface area contributed by atoms with Gasteiger partial charge in [-0.3, -0.25) is 0 Å². The summed E-state index contributed by atoms with van der Waals surface area (Å²) in [7, 11) is 0. The van der Waals surface area contributed by atoms with Crippen LogP contribution in [0.5, 0.6) is 0 Å². The maximum atomic E-state index is 13.4. The van der Waals surface area contributed by atoms with Crippen LogP contribution in [-0.2, 0) is 0 Å². The zero-order valence-corrected chi connectivity index (χ0v) is 9.98. The minimum absolute atomic E-state index is 0.0684. The van der Waals surface area contributed by atoms with Gasteiger partial charge in [-0.05, 0) is 37.6 Å². The molecule has 0 aliphatic carbocycles. The Kier molecular flexibility index (Phi) is 7.16. The average molecular weight is 203 g/mol. The van der Waals surface area contributed by atoms with Crippen LogP contribution in [0.1, 0.15) is 59.3 Å². The number of hydrogen-bond donors (Lipinski definition) is 1. The molecule has 0 aliphatic heterocycles. The van der Waals surface area contributed by atoms with Crippen molar-refractivity contribution in [2.75, 3.05) is 6.54 Å². The number of nitrogens with two attached hydrogens (primary N) is 1. The third kappa shape index (κ3) is 4.41. The normalized spacial score (nSPS) is 14.4. The fraction of sp³-hybridized carbons (Fsp3) is 1.00. The van der Waals surface area contributed by atoms with Gasteiger partial charge in [-0.25, -0.2) is 4.39 Å².